The van der Waals surface area contributed by atoms with Gasteiger partial charge in [-0.25, -0.2) is 4.79 Å². The molecular weight excluding hydrogens is 708 g/mol. The summed E-state index contributed by atoms with van der Waals surface area (Å²) in [4.78, 5) is 101. The van der Waals surface area contributed by atoms with Crippen LogP contribution in [-0.2, 0) is 51.1 Å². The molecule has 6 rings (SSSR count). The molecule has 2 aromatic carbocycles. The summed E-state index contributed by atoms with van der Waals surface area (Å²) in [5.74, 6) is -4.35. The van der Waals surface area contributed by atoms with Gasteiger partial charge in [-0.05, 0) is 49.7 Å². The van der Waals surface area contributed by atoms with E-state index in [1.165, 1.54) is 21.6 Å². The molecule has 6 amide bonds. The van der Waals surface area contributed by atoms with Crippen LogP contribution in [0.4, 0.5) is 0 Å². The van der Waals surface area contributed by atoms with Crippen LogP contribution in [0.1, 0.15) is 57.1 Å². The number of cyclic esters (lactones) is 1. The molecule has 0 radical (unpaired) electrons. The number of fused-ring (bicyclic) bond motifs is 3. The van der Waals surface area contributed by atoms with Crippen LogP contribution < -0.4 is 16.0 Å². The van der Waals surface area contributed by atoms with E-state index in [1.54, 1.807) is 48.5 Å². The molecule has 4 saturated heterocycles. The lowest BCUT2D eigenvalue weighted by Gasteiger charge is -2.39. The lowest BCUT2D eigenvalue weighted by molar-refractivity contribution is -0.158. The lowest BCUT2D eigenvalue weighted by Crippen LogP contribution is -2.62. The van der Waals surface area contributed by atoms with Gasteiger partial charge in [0, 0.05) is 32.5 Å². The predicted octanol–water partition coefficient (Wildman–Crippen LogP) is 0.0828. The van der Waals surface area contributed by atoms with Gasteiger partial charge in [-0.2, -0.15) is 0 Å². The van der Waals surface area contributed by atoms with Crippen molar-refractivity contribution < 1.29 is 43.4 Å². The van der Waals surface area contributed by atoms with E-state index in [0.29, 0.717) is 19.3 Å². The van der Waals surface area contributed by atoms with E-state index in [1.807, 2.05) is 19.1 Å². The first-order chi connectivity index (χ1) is 26.4. The van der Waals surface area contributed by atoms with E-state index in [-0.39, 0.29) is 51.2 Å². The molecule has 0 aliphatic carbocycles. The number of nitrogens with zero attached hydrogens (tertiary/aromatic N) is 3. The average molecular weight is 759 g/mol. The number of benzene rings is 2. The SMILES string of the molecule is C[C@@H]1C[C@H]2C(=O)OC[C@H](NC(=O)[C@H](Cc3ccccc3)NC(=O)Cc3ccccc3)C(=O)N3CC(O)C[C@H]3C(=O)N3CCCC[C@H]3C(=O)N[C@@H](C)C(=O)N2C1. The first-order valence-electron chi connectivity index (χ1n) is 19.1. The van der Waals surface area contributed by atoms with Crippen molar-refractivity contribution in [1.82, 2.24) is 30.7 Å². The van der Waals surface area contributed by atoms with Gasteiger partial charge < -0.3 is 40.5 Å². The van der Waals surface area contributed by atoms with Crippen molar-refractivity contribution in [3.63, 3.8) is 0 Å². The third-order valence-corrected chi connectivity index (χ3v) is 10.9. The molecule has 15 heteroatoms. The number of aliphatic hydroxyl groups is 1. The van der Waals surface area contributed by atoms with Gasteiger partial charge in [0.25, 0.3) is 0 Å². The van der Waals surface area contributed by atoms with Crippen LogP contribution in [0.25, 0.3) is 0 Å². The number of ether oxygens (including phenoxy) is 1. The maximum absolute atomic E-state index is 14.5. The lowest BCUT2D eigenvalue weighted by atomic mass is 9.99. The molecule has 15 nitrogen and oxygen atoms in total. The highest BCUT2D eigenvalue weighted by molar-refractivity contribution is 5.98. The molecule has 2 aromatic rings. The molecule has 4 aliphatic heterocycles. The third-order valence-electron chi connectivity index (χ3n) is 10.9. The van der Waals surface area contributed by atoms with Crippen molar-refractivity contribution in [3.05, 3.63) is 71.8 Å². The number of carbonyl (C=O) groups excluding carboxylic acids is 7. The van der Waals surface area contributed by atoms with Crippen LogP contribution >= 0.6 is 0 Å². The molecule has 1 unspecified atom stereocenters. The van der Waals surface area contributed by atoms with Crippen molar-refractivity contribution in [2.45, 2.75) is 101 Å². The van der Waals surface area contributed by atoms with Crippen molar-refractivity contribution in [2.24, 2.45) is 5.92 Å². The molecule has 8 atom stereocenters. The van der Waals surface area contributed by atoms with Crippen LogP contribution in [0.15, 0.2) is 60.7 Å². The van der Waals surface area contributed by atoms with E-state index in [9.17, 15) is 38.7 Å². The maximum Gasteiger partial charge on any atom is 0.328 e. The third kappa shape index (κ3) is 9.32. The Bertz CT molecular complexity index is 1760. The van der Waals surface area contributed by atoms with Gasteiger partial charge in [0.1, 0.15) is 42.9 Å². The van der Waals surface area contributed by atoms with Gasteiger partial charge in [-0.1, -0.05) is 67.6 Å². The molecule has 4 aliphatic rings. The molecule has 294 valence electrons. The molecule has 55 heavy (non-hydrogen) atoms. The number of piperidine rings is 1. The van der Waals surface area contributed by atoms with Crippen molar-refractivity contribution in [1.29, 1.82) is 0 Å². The average Bonchev–Trinajstić information content (AvgIpc) is 3.77. The zero-order valence-corrected chi connectivity index (χ0v) is 31.2. The van der Waals surface area contributed by atoms with Gasteiger partial charge in [0.15, 0.2) is 0 Å². The summed E-state index contributed by atoms with van der Waals surface area (Å²) in [6, 6.07) is 11.3. The first kappa shape index (κ1) is 39.4. The molecule has 0 spiro atoms. The van der Waals surface area contributed by atoms with E-state index in [4.69, 9.17) is 4.74 Å². The van der Waals surface area contributed by atoms with Crippen molar-refractivity contribution >= 4 is 41.4 Å². The van der Waals surface area contributed by atoms with Crippen LogP contribution in [0.5, 0.6) is 0 Å². The summed E-state index contributed by atoms with van der Waals surface area (Å²) in [6.07, 6.45) is 0.800. The zero-order chi connectivity index (χ0) is 39.2. The molecule has 0 aromatic heterocycles. The zero-order valence-electron chi connectivity index (χ0n) is 31.2. The Labute approximate surface area is 320 Å². The van der Waals surface area contributed by atoms with Crippen LogP contribution in [-0.4, -0.2) is 130 Å². The summed E-state index contributed by atoms with van der Waals surface area (Å²) in [7, 11) is 0. The van der Waals surface area contributed by atoms with Crippen LogP contribution in [0.2, 0.25) is 0 Å². The minimum absolute atomic E-state index is 0.00198. The topological polar surface area (TPSA) is 195 Å². The summed E-state index contributed by atoms with van der Waals surface area (Å²) < 4.78 is 5.71. The largest absolute Gasteiger partial charge is 0.461 e. The molecule has 4 N–H and O–H groups in total. The fourth-order valence-electron chi connectivity index (χ4n) is 8.08. The fourth-order valence-corrected chi connectivity index (χ4v) is 8.08. The minimum Gasteiger partial charge on any atom is -0.461 e. The number of amides is 6. The number of nitrogens with one attached hydrogen (secondary N) is 3. The summed E-state index contributed by atoms with van der Waals surface area (Å²) >= 11 is 0. The number of rotatable bonds is 7. The molecular formula is C40H50N6O9. The maximum atomic E-state index is 14.5. The second-order valence-corrected chi connectivity index (χ2v) is 15.2. The monoisotopic (exact) mass is 758 g/mol. The Morgan fingerprint density at radius 1 is 0.818 bits per heavy atom. The van der Waals surface area contributed by atoms with Gasteiger partial charge in [-0.15, -0.1) is 0 Å². The van der Waals surface area contributed by atoms with Crippen LogP contribution in [0.3, 0.4) is 0 Å². The van der Waals surface area contributed by atoms with Gasteiger partial charge >= 0.3 is 5.97 Å². The highest BCUT2D eigenvalue weighted by atomic mass is 16.5. The van der Waals surface area contributed by atoms with Gasteiger partial charge in [0.05, 0.1) is 12.5 Å². The Morgan fingerprint density at radius 2 is 1.49 bits per heavy atom. The molecule has 0 saturated carbocycles. The van der Waals surface area contributed by atoms with E-state index < -0.39 is 90.4 Å². The number of esters is 1. The standard InChI is InChI=1S/C40H50N6O9/c1-24-17-33-40(54)55-23-30(43-35(49)29(18-26-11-5-3-6-12-26)42-34(48)19-27-13-7-4-8-14-27)38(52)46-22-28(47)20-32(46)39(53)44-16-10-9-15-31(44)36(50)41-25(2)37(51)45(33)21-24/h3-8,11-14,24-25,28-33,47H,9-10,15-23H2,1-2H3,(H,41,50)(H,42,48)(H,43,49)/t24-,25+,28?,29+,30+,31+,32+,33+/m1/s1. The molecule has 4 fully saturated rings. The van der Waals surface area contributed by atoms with E-state index in [2.05, 4.69) is 16.0 Å². The number of hydrogen-bond donors (Lipinski definition) is 4. The highest BCUT2D eigenvalue weighted by Crippen LogP contribution is 2.28. The van der Waals surface area contributed by atoms with E-state index in [0.717, 1.165) is 11.1 Å². The Morgan fingerprint density at radius 3 is 2.20 bits per heavy atom. The van der Waals surface area contributed by atoms with Crippen molar-refractivity contribution in [3.8, 4) is 0 Å². The predicted molar refractivity (Wildman–Crippen MR) is 197 cm³/mol. The first-order valence-corrected chi connectivity index (χ1v) is 19.1. The smallest absolute Gasteiger partial charge is 0.328 e. The van der Waals surface area contributed by atoms with E-state index >= 15 is 0 Å². The number of carbonyl (C=O) groups is 7. The minimum atomic E-state index is -1.53. The summed E-state index contributed by atoms with van der Waals surface area (Å²) in [6.45, 7) is 3.02. The second-order valence-electron chi connectivity index (χ2n) is 15.2. The molecule has 0 bridgehead atoms. The summed E-state index contributed by atoms with van der Waals surface area (Å²) in [5, 5.41) is 19.1. The fraction of sp³-hybridized carbons (Fsp3) is 0.525. The van der Waals surface area contributed by atoms with Crippen molar-refractivity contribution in [2.75, 3.05) is 26.2 Å². The van der Waals surface area contributed by atoms with Gasteiger partial charge in [0.2, 0.25) is 35.4 Å². The Kier molecular flexibility index (Phi) is 12.5. The molecule has 4 heterocycles. The number of aliphatic hydroxyl groups excluding tert-OH is 1. The number of hydrogen-bond acceptors (Lipinski definition) is 9. The normalized spacial score (nSPS) is 28.4. The van der Waals surface area contributed by atoms with Crippen LogP contribution in [0, 0.1) is 5.92 Å². The Hall–Kier alpha value is -5.31. The van der Waals surface area contributed by atoms with Gasteiger partial charge in [-0.3, -0.25) is 28.8 Å². The highest BCUT2D eigenvalue weighted by Gasteiger charge is 2.47. The second kappa shape index (κ2) is 17.4. The quantitative estimate of drug-likeness (QED) is 0.283. The Balaban J connectivity index is 1.31. The summed E-state index contributed by atoms with van der Waals surface area (Å²) in [5.41, 5.74) is 1.47.